The summed E-state index contributed by atoms with van der Waals surface area (Å²) in [6, 6.07) is 66.5. The van der Waals surface area contributed by atoms with E-state index in [2.05, 4.69) is 145 Å². The molecule has 10 aromatic rings. The molecule has 1 aliphatic rings. The number of amidine groups is 2. The highest BCUT2D eigenvalue weighted by Gasteiger charge is 2.21. The summed E-state index contributed by atoms with van der Waals surface area (Å²) in [5, 5.41) is 13.3. The number of nitrogens with one attached hydrogen (secondary N) is 1. The molecule has 1 N–H and O–H groups in total. The molecule has 0 saturated heterocycles. The first-order valence-electron chi connectivity index (χ1n) is 18.7. The molecule has 4 nitrogen and oxygen atoms in total. The van der Waals surface area contributed by atoms with Crippen molar-refractivity contribution < 1.29 is 4.42 Å². The van der Waals surface area contributed by atoms with Gasteiger partial charge in [0.05, 0.1) is 0 Å². The molecule has 1 unspecified atom stereocenters. The number of benzene rings is 9. The zero-order valence-corrected chi connectivity index (χ0v) is 29.8. The lowest BCUT2D eigenvalue weighted by molar-refractivity contribution is 0.669. The lowest BCUT2D eigenvalue weighted by Gasteiger charge is -2.24. The quantitative estimate of drug-likeness (QED) is 0.181. The van der Waals surface area contributed by atoms with Gasteiger partial charge in [0.2, 0.25) is 0 Å². The summed E-state index contributed by atoms with van der Waals surface area (Å²) in [5.74, 6) is 1.53. The molecule has 1 atom stereocenters. The molecule has 55 heavy (non-hydrogen) atoms. The van der Waals surface area contributed by atoms with Crippen molar-refractivity contribution in [3.8, 4) is 22.3 Å². The number of aliphatic imine (C=N–C) groups is 2. The minimum absolute atomic E-state index is 0.277. The van der Waals surface area contributed by atoms with Crippen molar-refractivity contribution in [2.75, 3.05) is 0 Å². The van der Waals surface area contributed by atoms with Gasteiger partial charge in [0.15, 0.2) is 5.84 Å². The highest BCUT2D eigenvalue weighted by molar-refractivity contribution is 6.29. The zero-order valence-electron chi connectivity index (χ0n) is 29.8. The van der Waals surface area contributed by atoms with Crippen LogP contribution in [0.4, 0.5) is 0 Å². The second-order valence-electron chi connectivity index (χ2n) is 14.2. The van der Waals surface area contributed by atoms with Crippen molar-refractivity contribution in [2.24, 2.45) is 9.98 Å². The molecular formula is C51H33N3O. The SMILES string of the molecule is c1ccc(C2=NC(c3ccc(-c4ccc5c(c4)c4ccccc4c4cccc(-c6ccc7c(c6)oc6ccccc67)c45)cc3)NC(c3ccccc3)=N2)cc1. The summed E-state index contributed by atoms with van der Waals surface area (Å²) < 4.78 is 6.33. The molecule has 258 valence electrons. The topological polar surface area (TPSA) is 49.9 Å². The van der Waals surface area contributed by atoms with Crippen molar-refractivity contribution >= 4 is 65.9 Å². The first-order valence-corrected chi connectivity index (χ1v) is 18.7. The molecule has 2 heterocycles. The predicted molar refractivity (Wildman–Crippen MR) is 229 cm³/mol. The number of furan rings is 1. The van der Waals surface area contributed by atoms with E-state index in [1.807, 2.05) is 48.5 Å². The lowest BCUT2D eigenvalue weighted by atomic mass is 9.88. The van der Waals surface area contributed by atoms with Gasteiger partial charge in [0, 0.05) is 21.9 Å². The molecule has 1 aliphatic heterocycles. The van der Waals surface area contributed by atoms with Crippen molar-refractivity contribution in [2.45, 2.75) is 6.17 Å². The maximum Gasteiger partial charge on any atom is 0.159 e. The van der Waals surface area contributed by atoms with Gasteiger partial charge in [-0.05, 0) is 84.4 Å². The average molecular weight is 704 g/mol. The van der Waals surface area contributed by atoms with Crippen molar-refractivity contribution in [1.29, 1.82) is 0 Å². The van der Waals surface area contributed by atoms with Crippen LogP contribution in [0.3, 0.4) is 0 Å². The second-order valence-corrected chi connectivity index (χ2v) is 14.2. The van der Waals surface area contributed by atoms with Gasteiger partial charge in [0.25, 0.3) is 0 Å². The summed E-state index contributed by atoms with van der Waals surface area (Å²) in [5.41, 5.74) is 9.57. The first-order chi connectivity index (χ1) is 27.2. The third-order valence-corrected chi connectivity index (χ3v) is 10.9. The maximum absolute atomic E-state index is 6.33. The number of hydrogen-bond acceptors (Lipinski definition) is 4. The fourth-order valence-electron chi connectivity index (χ4n) is 8.26. The first kappa shape index (κ1) is 31.2. The van der Waals surface area contributed by atoms with Crippen LogP contribution in [0.5, 0.6) is 0 Å². The van der Waals surface area contributed by atoms with Crippen LogP contribution in [-0.4, -0.2) is 11.7 Å². The van der Waals surface area contributed by atoms with Gasteiger partial charge in [-0.1, -0.05) is 164 Å². The normalized spacial score (nSPS) is 14.4. The summed E-state index contributed by atoms with van der Waals surface area (Å²) >= 11 is 0. The number of hydrogen-bond donors (Lipinski definition) is 1. The van der Waals surface area contributed by atoms with Gasteiger partial charge in [-0.2, -0.15) is 0 Å². The monoisotopic (exact) mass is 703 g/mol. The smallest absolute Gasteiger partial charge is 0.159 e. The lowest BCUT2D eigenvalue weighted by Crippen LogP contribution is -2.33. The van der Waals surface area contributed by atoms with E-state index in [4.69, 9.17) is 14.4 Å². The molecule has 9 aromatic carbocycles. The Bertz CT molecular complexity index is 3160. The van der Waals surface area contributed by atoms with E-state index in [1.165, 1.54) is 43.4 Å². The molecule has 0 saturated carbocycles. The molecule has 11 rings (SSSR count). The highest BCUT2D eigenvalue weighted by Crippen LogP contribution is 2.42. The number of para-hydroxylation sites is 1. The molecule has 1 aromatic heterocycles. The van der Waals surface area contributed by atoms with Crippen LogP contribution in [0.2, 0.25) is 0 Å². The number of nitrogens with zero attached hydrogens (tertiary/aromatic N) is 2. The van der Waals surface area contributed by atoms with Gasteiger partial charge < -0.3 is 9.73 Å². The Morgan fingerprint density at radius 2 is 1.00 bits per heavy atom. The Morgan fingerprint density at radius 1 is 0.400 bits per heavy atom. The largest absolute Gasteiger partial charge is 0.456 e. The standard InChI is InChI=1S/C51H33N3O/c1-3-12-33(13-4-1)49-52-50(34-14-5-2-6-15-34)54-51(53-49)35-24-22-32(23-25-35)36-26-29-44-45(30-36)40-17-8-7-16-39(40)43-20-11-19-38(48(43)44)37-27-28-42-41-18-9-10-21-46(41)55-47(42)31-37/h1-31,51H,(H,52,53,54). The summed E-state index contributed by atoms with van der Waals surface area (Å²) in [4.78, 5) is 10.0. The van der Waals surface area contributed by atoms with Crippen LogP contribution in [-0.2, 0) is 0 Å². The van der Waals surface area contributed by atoms with Gasteiger partial charge in [-0.3, -0.25) is 0 Å². The Balaban J connectivity index is 1.01. The molecule has 4 heteroatoms. The van der Waals surface area contributed by atoms with Crippen LogP contribution < -0.4 is 5.32 Å². The van der Waals surface area contributed by atoms with Crippen LogP contribution in [0.25, 0.3) is 76.5 Å². The van der Waals surface area contributed by atoms with Crippen LogP contribution in [0.1, 0.15) is 22.9 Å². The molecule has 0 spiro atoms. The maximum atomic E-state index is 6.33. The molecular weight excluding hydrogens is 671 g/mol. The van der Waals surface area contributed by atoms with Gasteiger partial charge >= 0.3 is 0 Å². The van der Waals surface area contributed by atoms with Crippen LogP contribution in [0, 0.1) is 0 Å². The fourth-order valence-corrected chi connectivity index (χ4v) is 8.26. The third kappa shape index (κ3) is 5.30. The van der Waals surface area contributed by atoms with E-state index in [1.54, 1.807) is 0 Å². The van der Waals surface area contributed by atoms with Crippen molar-refractivity contribution in [3.63, 3.8) is 0 Å². The third-order valence-electron chi connectivity index (χ3n) is 10.9. The predicted octanol–water partition coefficient (Wildman–Crippen LogP) is 12.9. The molecule has 0 amide bonds. The minimum atomic E-state index is -0.277. The van der Waals surface area contributed by atoms with Gasteiger partial charge in [-0.25, -0.2) is 9.98 Å². The second kappa shape index (κ2) is 12.7. The van der Waals surface area contributed by atoms with Crippen LogP contribution >= 0.6 is 0 Å². The Morgan fingerprint density at radius 3 is 1.80 bits per heavy atom. The van der Waals surface area contributed by atoms with Gasteiger partial charge in [0.1, 0.15) is 23.2 Å². The van der Waals surface area contributed by atoms with E-state index in [0.717, 1.165) is 61.4 Å². The van der Waals surface area contributed by atoms with Crippen LogP contribution in [0.15, 0.2) is 202 Å². The van der Waals surface area contributed by atoms with E-state index in [-0.39, 0.29) is 6.17 Å². The van der Waals surface area contributed by atoms with E-state index >= 15 is 0 Å². The average Bonchev–Trinajstić information content (AvgIpc) is 3.64. The molecule has 0 aliphatic carbocycles. The van der Waals surface area contributed by atoms with E-state index in [9.17, 15) is 0 Å². The molecule has 0 fully saturated rings. The minimum Gasteiger partial charge on any atom is -0.456 e. The Hall–Kier alpha value is -7.30. The van der Waals surface area contributed by atoms with E-state index < -0.39 is 0 Å². The Kier molecular flexibility index (Phi) is 7.20. The molecule has 0 bridgehead atoms. The zero-order chi connectivity index (χ0) is 36.3. The van der Waals surface area contributed by atoms with Gasteiger partial charge in [-0.15, -0.1) is 0 Å². The summed E-state index contributed by atoms with van der Waals surface area (Å²) in [6.07, 6.45) is -0.277. The number of rotatable bonds is 5. The van der Waals surface area contributed by atoms with Crippen molar-refractivity contribution in [3.05, 3.63) is 205 Å². The number of fused-ring (bicyclic) bond motifs is 9. The van der Waals surface area contributed by atoms with Crippen molar-refractivity contribution in [1.82, 2.24) is 5.32 Å². The summed E-state index contributed by atoms with van der Waals surface area (Å²) in [7, 11) is 0. The Labute approximate surface area is 317 Å². The highest BCUT2D eigenvalue weighted by atomic mass is 16.3. The van der Waals surface area contributed by atoms with E-state index in [0.29, 0.717) is 0 Å². The fraction of sp³-hybridized carbons (Fsp3) is 0.0196. The molecule has 0 radical (unpaired) electrons. The summed E-state index contributed by atoms with van der Waals surface area (Å²) in [6.45, 7) is 0.